The number of hydrogen-bond donors (Lipinski definition) is 1. The predicted octanol–water partition coefficient (Wildman–Crippen LogP) is -0.706. The van der Waals surface area contributed by atoms with Gasteiger partial charge in [0.25, 0.3) is 0 Å². The smallest absolute Gasteiger partial charge is 0.323 e. The van der Waals surface area contributed by atoms with Gasteiger partial charge in [-0.25, -0.2) is 0 Å². The lowest BCUT2D eigenvalue weighted by atomic mass is 9.98. The van der Waals surface area contributed by atoms with Crippen LogP contribution in [0.5, 0.6) is 0 Å². The number of carbonyl (C=O) groups excluding carboxylic acids is 2. The van der Waals surface area contributed by atoms with Crippen LogP contribution in [0.3, 0.4) is 0 Å². The normalized spacial score (nSPS) is 25.6. The second-order valence-corrected chi connectivity index (χ2v) is 4.19. The van der Waals surface area contributed by atoms with Crippen LogP contribution in [0.25, 0.3) is 0 Å². The summed E-state index contributed by atoms with van der Waals surface area (Å²) in [5.41, 5.74) is 0. The van der Waals surface area contributed by atoms with Crippen LogP contribution in [0.1, 0.15) is 19.3 Å². The third kappa shape index (κ3) is 1.87. The average Bonchev–Trinajstić information content (AvgIpc) is 2.25. The fourth-order valence-electron chi connectivity index (χ4n) is 2.33. The molecule has 2 aliphatic heterocycles. The van der Waals surface area contributed by atoms with Gasteiger partial charge < -0.3 is 14.9 Å². The maximum Gasteiger partial charge on any atom is 0.323 e. The summed E-state index contributed by atoms with van der Waals surface area (Å²) in [6, 6.07) is -0.422. The first-order valence-corrected chi connectivity index (χ1v) is 5.39. The van der Waals surface area contributed by atoms with Crippen LogP contribution in [-0.4, -0.2) is 58.4 Å². The number of nitrogens with zero attached hydrogens (tertiary/aromatic N) is 2. The zero-order chi connectivity index (χ0) is 11.7. The topological polar surface area (TPSA) is 77.9 Å². The molecule has 0 aromatic carbocycles. The summed E-state index contributed by atoms with van der Waals surface area (Å²) in [5.74, 6) is -1.43. The Kier molecular flexibility index (Phi) is 2.80. The van der Waals surface area contributed by atoms with Gasteiger partial charge in [0, 0.05) is 6.54 Å². The SMILES string of the molecule is O=C(O)CN1CC(=O)N2CCCCC2C1=O. The molecule has 2 amide bonds. The van der Waals surface area contributed by atoms with E-state index in [1.54, 1.807) is 4.90 Å². The minimum atomic E-state index is -1.08. The Morgan fingerprint density at radius 2 is 2.12 bits per heavy atom. The largest absolute Gasteiger partial charge is 0.480 e. The van der Waals surface area contributed by atoms with E-state index in [-0.39, 0.29) is 24.9 Å². The molecule has 2 saturated heterocycles. The van der Waals surface area contributed by atoms with Crippen LogP contribution >= 0.6 is 0 Å². The second kappa shape index (κ2) is 4.11. The molecule has 0 radical (unpaired) electrons. The molecule has 1 N–H and O–H groups in total. The molecule has 0 aromatic rings. The Bertz CT molecular complexity index is 342. The van der Waals surface area contributed by atoms with Crippen molar-refractivity contribution >= 4 is 17.8 Å². The zero-order valence-electron chi connectivity index (χ0n) is 8.89. The molecule has 0 saturated carbocycles. The van der Waals surface area contributed by atoms with Crippen molar-refractivity contribution in [3.63, 3.8) is 0 Å². The Morgan fingerprint density at radius 1 is 1.38 bits per heavy atom. The van der Waals surface area contributed by atoms with Crippen molar-refractivity contribution < 1.29 is 19.5 Å². The maximum absolute atomic E-state index is 11.9. The third-order valence-corrected chi connectivity index (χ3v) is 3.07. The molecule has 0 aromatic heterocycles. The Labute approximate surface area is 92.8 Å². The monoisotopic (exact) mass is 226 g/mol. The van der Waals surface area contributed by atoms with Crippen molar-refractivity contribution in [2.24, 2.45) is 0 Å². The lowest BCUT2D eigenvalue weighted by Crippen LogP contribution is -2.61. The lowest BCUT2D eigenvalue weighted by Gasteiger charge is -2.42. The molecule has 16 heavy (non-hydrogen) atoms. The van der Waals surface area contributed by atoms with Crippen molar-refractivity contribution in [2.75, 3.05) is 19.6 Å². The summed E-state index contributed by atoms with van der Waals surface area (Å²) >= 11 is 0. The molecule has 2 rings (SSSR count). The number of piperidine rings is 1. The van der Waals surface area contributed by atoms with Gasteiger partial charge in [-0.1, -0.05) is 0 Å². The van der Waals surface area contributed by atoms with Crippen molar-refractivity contribution in [2.45, 2.75) is 25.3 Å². The van der Waals surface area contributed by atoms with Crippen LogP contribution in [0.2, 0.25) is 0 Å². The zero-order valence-corrected chi connectivity index (χ0v) is 8.89. The van der Waals surface area contributed by atoms with Gasteiger partial charge >= 0.3 is 5.97 Å². The summed E-state index contributed by atoms with van der Waals surface area (Å²) in [7, 11) is 0. The molecule has 1 atom stereocenters. The highest BCUT2D eigenvalue weighted by atomic mass is 16.4. The van der Waals surface area contributed by atoms with E-state index < -0.39 is 12.0 Å². The Balaban J connectivity index is 2.13. The molecule has 2 heterocycles. The van der Waals surface area contributed by atoms with Crippen LogP contribution in [-0.2, 0) is 14.4 Å². The predicted molar refractivity (Wildman–Crippen MR) is 53.6 cm³/mol. The van der Waals surface area contributed by atoms with E-state index >= 15 is 0 Å². The van der Waals surface area contributed by atoms with Crippen LogP contribution in [0, 0.1) is 0 Å². The molecule has 0 aliphatic carbocycles. The number of carboxylic acids is 1. The maximum atomic E-state index is 11.9. The minimum Gasteiger partial charge on any atom is -0.480 e. The van der Waals surface area contributed by atoms with Gasteiger partial charge in [-0.15, -0.1) is 0 Å². The Morgan fingerprint density at radius 3 is 2.81 bits per heavy atom. The number of carboxylic acid groups (broad SMARTS) is 1. The molecular weight excluding hydrogens is 212 g/mol. The number of fused-ring (bicyclic) bond motifs is 1. The number of hydrogen-bond acceptors (Lipinski definition) is 3. The second-order valence-electron chi connectivity index (χ2n) is 4.19. The first-order chi connectivity index (χ1) is 7.59. The van der Waals surface area contributed by atoms with E-state index in [4.69, 9.17) is 5.11 Å². The van der Waals surface area contributed by atoms with E-state index in [1.807, 2.05) is 0 Å². The average molecular weight is 226 g/mol. The summed E-state index contributed by atoms with van der Waals surface area (Å²) in [5, 5.41) is 8.65. The van der Waals surface area contributed by atoms with Crippen LogP contribution in [0.15, 0.2) is 0 Å². The number of rotatable bonds is 2. The van der Waals surface area contributed by atoms with Crippen molar-refractivity contribution in [3.05, 3.63) is 0 Å². The van der Waals surface area contributed by atoms with E-state index in [0.29, 0.717) is 13.0 Å². The highest BCUT2D eigenvalue weighted by molar-refractivity contribution is 5.96. The van der Waals surface area contributed by atoms with Gasteiger partial charge in [0.15, 0.2) is 0 Å². The lowest BCUT2D eigenvalue weighted by molar-refractivity contribution is -0.160. The van der Waals surface area contributed by atoms with Gasteiger partial charge in [0.2, 0.25) is 11.8 Å². The highest BCUT2D eigenvalue weighted by Gasteiger charge is 2.40. The minimum absolute atomic E-state index is 0.0956. The number of carbonyl (C=O) groups is 3. The molecule has 2 fully saturated rings. The van der Waals surface area contributed by atoms with Crippen molar-refractivity contribution in [1.82, 2.24) is 9.80 Å². The molecule has 2 aliphatic rings. The Hall–Kier alpha value is -1.59. The van der Waals surface area contributed by atoms with Gasteiger partial charge in [0.1, 0.15) is 19.1 Å². The summed E-state index contributed by atoms with van der Waals surface area (Å²) in [4.78, 5) is 36.9. The summed E-state index contributed by atoms with van der Waals surface area (Å²) in [6.07, 6.45) is 2.50. The first-order valence-electron chi connectivity index (χ1n) is 5.39. The molecule has 0 bridgehead atoms. The number of piperazine rings is 1. The summed E-state index contributed by atoms with van der Waals surface area (Å²) < 4.78 is 0. The van der Waals surface area contributed by atoms with Crippen molar-refractivity contribution in [1.29, 1.82) is 0 Å². The molecule has 1 unspecified atom stereocenters. The quantitative estimate of drug-likeness (QED) is 0.675. The fourth-order valence-corrected chi connectivity index (χ4v) is 2.33. The van der Waals surface area contributed by atoms with Gasteiger partial charge in [0.05, 0.1) is 0 Å². The number of aliphatic carboxylic acids is 1. The third-order valence-electron chi connectivity index (χ3n) is 3.07. The number of amides is 2. The van der Waals surface area contributed by atoms with Crippen molar-refractivity contribution in [3.8, 4) is 0 Å². The van der Waals surface area contributed by atoms with Crippen LogP contribution < -0.4 is 0 Å². The standard InChI is InChI=1S/C10H14N2O4/c13-8-5-11(6-9(14)15)10(16)7-3-1-2-4-12(7)8/h7H,1-6H2,(H,14,15). The first kappa shape index (κ1) is 10.9. The molecule has 0 spiro atoms. The molecular formula is C10H14N2O4. The fraction of sp³-hybridized carbons (Fsp3) is 0.700. The van der Waals surface area contributed by atoms with Gasteiger partial charge in [-0.2, -0.15) is 0 Å². The van der Waals surface area contributed by atoms with Gasteiger partial charge in [-0.05, 0) is 19.3 Å². The van der Waals surface area contributed by atoms with Crippen LogP contribution in [0.4, 0.5) is 0 Å². The highest BCUT2D eigenvalue weighted by Crippen LogP contribution is 2.22. The molecule has 6 heteroatoms. The summed E-state index contributed by atoms with van der Waals surface area (Å²) in [6.45, 7) is 0.146. The van der Waals surface area contributed by atoms with E-state index in [1.165, 1.54) is 0 Å². The van der Waals surface area contributed by atoms with E-state index in [9.17, 15) is 14.4 Å². The van der Waals surface area contributed by atoms with Gasteiger partial charge in [-0.3, -0.25) is 14.4 Å². The molecule has 6 nitrogen and oxygen atoms in total. The molecule has 88 valence electrons. The van der Waals surface area contributed by atoms with E-state index in [2.05, 4.69) is 0 Å². The van der Waals surface area contributed by atoms with E-state index in [0.717, 1.165) is 17.7 Å².